The second kappa shape index (κ2) is 28.8. The van der Waals surface area contributed by atoms with Gasteiger partial charge in [0.15, 0.2) is 12.6 Å². The minimum absolute atomic E-state index is 0.172. The van der Waals surface area contributed by atoms with Crippen molar-refractivity contribution in [2.75, 3.05) is 46.2 Å². The molecule has 5 aliphatic rings. The molecule has 17 heteroatoms. The van der Waals surface area contributed by atoms with Crippen LogP contribution in [0.3, 0.4) is 0 Å². The molecule has 3 heterocycles. The van der Waals surface area contributed by atoms with Crippen molar-refractivity contribution in [1.82, 2.24) is 0 Å². The van der Waals surface area contributed by atoms with Gasteiger partial charge in [-0.3, -0.25) is 19.2 Å². The lowest BCUT2D eigenvalue weighted by molar-refractivity contribution is -0.230. The van der Waals surface area contributed by atoms with E-state index >= 15 is 0 Å². The van der Waals surface area contributed by atoms with Crippen molar-refractivity contribution >= 4 is 53.4 Å². The van der Waals surface area contributed by atoms with Gasteiger partial charge in [0.05, 0.1) is 78.7 Å². The van der Waals surface area contributed by atoms with E-state index in [1.165, 1.54) is 13.0 Å². The smallest absolute Gasteiger partial charge is 0.338 e. The molecule has 0 unspecified atom stereocenters. The highest BCUT2D eigenvalue weighted by atomic mass is 32.2. The fourth-order valence-corrected chi connectivity index (χ4v) is 12.0. The van der Waals surface area contributed by atoms with E-state index in [0.717, 1.165) is 113 Å². The molecule has 2 aliphatic carbocycles. The molecule has 0 N–H and O–H groups in total. The van der Waals surface area contributed by atoms with Crippen LogP contribution in [0.5, 0.6) is 11.5 Å². The number of thioether (sulfide) groups is 2. The maximum Gasteiger partial charge on any atom is 0.338 e. The number of esters is 5. The lowest BCUT2D eigenvalue weighted by Crippen LogP contribution is -2.39. The lowest BCUT2D eigenvalue weighted by Gasteiger charge is -2.37. The van der Waals surface area contributed by atoms with Crippen LogP contribution in [-0.4, -0.2) is 88.7 Å². The normalized spacial score (nSPS) is 26.4. The summed E-state index contributed by atoms with van der Waals surface area (Å²) in [6.45, 7) is 18.2. The van der Waals surface area contributed by atoms with Crippen LogP contribution in [0.4, 0.5) is 0 Å². The standard InChI is InChI=1S/C52H71NO14S2/c1-5-27-61-49(58)44(53-4)52-68-45-41(66-47(56)37-17-21-39(22-18-37)50-62-30-35(31-63-50)15-11-7-9-13-28-59-34(3)54)25-26-42(46(45)69-52)67-48(57)38-19-23-40(24-20-38)51-64-32-36(33-65-51)16-12-8-10-14-29-60-43(55)6-2/h6,25-26,35-40,50-51H,2,5,7-24,27-33H2,1,3H3. The maximum absolute atomic E-state index is 13.8. The van der Waals surface area contributed by atoms with Crippen molar-refractivity contribution in [2.24, 2.45) is 35.5 Å². The quantitative estimate of drug-likeness (QED) is 0.0239. The fraction of sp³-hybridized carbons (Fsp3) is 0.692. The Bertz CT molecular complexity index is 1950. The molecule has 2 saturated carbocycles. The molecule has 0 bridgehead atoms. The third-order valence-corrected chi connectivity index (χ3v) is 16.1. The summed E-state index contributed by atoms with van der Waals surface area (Å²) < 4.78 is 52.7. The van der Waals surface area contributed by atoms with Crippen LogP contribution in [0.15, 0.2) is 44.5 Å². The van der Waals surface area contributed by atoms with Crippen LogP contribution in [0, 0.1) is 42.1 Å². The van der Waals surface area contributed by atoms with Gasteiger partial charge in [-0.05, 0) is 95.6 Å². The first-order valence-corrected chi connectivity index (χ1v) is 26.8. The highest BCUT2D eigenvalue weighted by molar-refractivity contribution is 8.24. The molecule has 69 heavy (non-hydrogen) atoms. The number of ether oxygens (including phenoxy) is 9. The third kappa shape index (κ3) is 16.8. The molecule has 0 radical (unpaired) electrons. The molecular formula is C52H71NO14S2. The molecule has 0 aromatic heterocycles. The molecule has 15 nitrogen and oxygen atoms in total. The largest absolute Gasteiger partial charge is 0.471 e. The van der Waals surface area contributed by atoms with Gasteiger partial charge in [-0.25, -0.2) is 9.64 Å². The van der Waals surface area contributed by atoms with Crippen LogP contribution >= 0.6 is 23.5 Å². The van der Waals surface area contributed by atoms with E-state index < -0.39 is 5.97 Å². The summed E-state index contributed by atoms with van der Waals surface area (Å²) in [5, 5.41) is 0. The van der Waals surface area contributed by atoms with E-state index in [4.69, 9.17) is 49.2 Å². The molecule has 0 atom stereocenters. The first-order chi connectivity index (χ1) is 33.6. The van der Waals surface area contributed by atoms with Crippen LogP contribution in [0.2, 0.25) is 0 Å². The Hall–Kier alpha value is -3.92. The van der Waals surface area contributed by atoms with Gasteiger partial charge in [0.25, 0.3) is 5.70 Å². The van der Waals surface area contributed by atoms with Gasteiger partial charge in [0.2, 0.25) is 0 Å². The molecule has 3 aliphatic heterocycles. The number of carbonyl (C=O) groups is 5. The van der Waals surface area contributed by atoms with Gasteiger partial charge in [0.1, 0.15) is 11.5 Å². The number of carbonyl (C=O) groups excluding carboxylic acids is 5. The SMILES string of the molecule is [C-]#[N+]C(C(=O)OCCC)=C1Sc2c(OC(=O)C3CCC(C4OCC(CCCCCCOC(C)=O)CO4)CC3)ccc(OC(=O)C3CCC(C4OCC(CCCCCCOC(=O)C=C)CO4)CC3)c2S1. The molecular weight excluding hydrogens is 927 g/mol. The van der Waals surface area contributed by atoms with Gasteiger partial charge in [-0.1, -0.05) is 75.6 Å². The zero-order valence-corrected chi connectivity index (χ0v) is 42.1. The number of fused-ring (bicyclic) bond motifs is 1. The van der Waals surface area contributed by atoms with Crippen molar-refractivity contribution in [3.05, 3.63) is 46.1 Å². The van der Waals surface area contributed by atoms with Crippen molar-refractivity contribution in [3.63, 3.8) is 0 Å². The Balaban J connectivity index is 0.968. The van der Waals surface area contributed by atoms with Crippen LogP contribution in [-0.2, 0) is 57.1 Å². The van der Waals surface area contributed by atoms with Crippen molar-refractivity contribution in [3.8, 4) is 11.5 Å². The Labute approximate surface area is 415 Å². The molecule has 380 valence electrons. The summed E-state index contributed by atoms with van der Waals surface area (Å²) >= 11 is 2.28. The zero-order valence-electron chi connectivity index (χ0n) is 40.4. The summed E-state index contributed by atoms with van der Waals surface area (Å²) in [5.41, 5.74) is -0.175. The number of rotatable bonds is 24. The number of benzene rings is 1. The highest BCUT2D eigenvalue weighted by Crippen LogP contribution is 2.59. The molecule has 1 aromatic carbocycles. The Morgan fingerprint density at radius 1 is 0.652 bits per heavy atom. The van der Waals surface area contributed by atoms with E-state index in [2.05, 4.69) is 11.4 Å². The summed E-state index contributed by atoms with van der Waals surface area (Å²) in [4.78, 5) is 67.2. The summed E-state index contributed by atoms with van der Waals surface area (Å²) in [5.74, 6) is -1.09. The van der Waals surface area contributed by atoms with Gasteiger partial charge in [0, 0.05) is 36.7 Å². The average molecular weight is 998 g/mol. The topological polar surface area (TPSA) is 173 Å². The Kier molecular flexibility index (Phi) is 22.7. The van der Waals surface area contributed by atoms with E-state index in [9.17, 15) is 24.0 Å². The number of nitrogens with zero attached hydrogens (tertiary/aromatic N) is 1. The van der Waals surface area contributed by atoms with Crippen molar-refractivity contribution < 1.29 is 66.6 Å². The monoisotopic (exact) mass is 997 g/mol. The highest BCUT2D eigenvalue weighted by Gasteiger charge is 2.39. The first kappa shape index (κ1) is 54.4. The van der Waals surface area contributed by atoms with Crippen LogP contribution < -0.4 is 9.47 Å². The predicted molar refractivity (Wildman–Crippen MR) is 258 cm³/mol. The van der Waals surface area contributed by atoms with E-state index in [0.29, 0.717) is 97.6 Å². The molecule has 1 aromatic rings. The van der Waals surface area contributed by atoms with Crippen LogP contribution in [0.25, 0.3) is 4.85 Å². The zero-order chi connectivity index (χ0) is 49.0. The molecule has 4 fully saturated rings. The minimum atomic E-state index is -0.731. The van der Waals surface area contributed by atoms with Gasteiger partial charge >= 0.3 is 29.8 Å². The lowest BCUT2D eigenvalue weighted by atomic mass is 9.81. The molecule has 6 rings (SSSR count). The van der Waals surface area contributed by atoms with E-state index in [-0.39, 0.29) is 83.9 Å². The van der Waals surface area contributed by atoms with Crippen molar-refractivity contribution in [2.45, 2.75) is 158 Å². The molecule has 0 spiro atoms. The third-order valence-electron chi connectivity index (χ3n) is 13.5. The van der Waals surface area contributed by atoms with Gasteiger partial charge < -0.3 is 42.6 Å². The summed E-state index contributed by atoms with van der Waals surface area (Å²) in [6.07, 6.45) is 16.8. The first-order valence-electron chi connectivity index (χ1n) is 25.2. The van der Waals surface area contributed by atoms with E-state index in [1.807, 2.05) is 6.92 Å². The molecule has 2 saturated heterocycles. The Morgan fingerprint density at radius 3 is 1.52 bits per heavy atom. The summed E-state index contributed by atoms with van der Waals surface area (Å²) in [7, 11) is 0. The van der Waals surface area contributed by atoms with Crippen LogP contribution in [0.1, 0.15) is 136 Å². The second-order valence-corrected chi connectivity index (χ2v) is 21.1. The average Bonchev–Trinajstić information content (AvgIpc) is 3.82. The van der Waals surface area contributed by atoms with Gasteiger partial charge in [-0.15, -0.1) is 0 Å². The number of hydrogen-bond donors (Lipinski definition) is 0. The minimum Gasteiger partial charge on any atom is -0.471 e. The van der Waals surface area contributed by atoms with E-state index in [1.54, 1.807) is 12.1 Å². The molecule has 0 amide bonds. The van der Waals surface area contributed by atoms with Crippen molar-refractivity contribution in [1.29, 1.82) is 0 Å². The second-order valence-electron chi connectivity index (χ2n) is 18.8. The maximum atomic E-state index is 13.8. The number of unbranched alkanes of at least 4 members (excludes halogenated alkanes) is 6. The predicted octanol–water partition coefficient (Wildman–Crippen LogP) is 10.5. The van der Waals surface area contributed by atoms with Gasteiger partial charge in [-0.2, -0.15) is 0 Å². The Morgan fingerprint density at radius 2 is 1.10 bits per heavy atom. The summed E-state index contributed by atoms with van der Waals surface area (Å²) in [6, 6.07) is 3.26. The fourth-order valence-electron chi connectivity index (χ4n) is 9.48. The number of hydrogen-bond acceptors (Lipinski definition) is 16.